The number of halogens is 1. The summed E-state index contributed by atoms with van der Waals surface area (Å²) >= 11 is 5.97. The topological polar surface area (TPSA) is 65.0 Å². The quantitative estimate of drug-likeness (QED) is 0.790. The van der Waals surface area contributed by atoms with E-state index in [1.807, 2.05) is 12.1 Å². The number of para-hydroxylation sites is 1. The summed E-state index contributed by atoms with van der Waals surface area (Å²) in [7, 11) is 1.45. The fourth-order valence-electron chi connectivity index (χ4n) is 1.78. The van der Waals surface area contributed by atoms with Crippen molar-refractivity contribution >= 4 is 17.6 Å². The summed E-state index contributed by atoms with van der Waals surface area (Å²) in [4.78, 5) is 10.9. The highest BCUT2D eigenvalue weighted by Gasteiger charge is 2.10. The van der Waals surface area contributed by atoms with Gasteiger partial charge in [0.1, 0.15) is 19.0 Å². The second-order valence-corrected chi connectivity index (χ2v) is 4.71. The molecule has 0 aromatic heterocycles. The summed E-state index contributed by atoms with van der Waals surface area (Å²) in [5, 5.41) is 9.47. The van der Waals surface area contributed by atoms with Crippen LogP contribution in [0.1, 0.15) is 10.4 Å². The number of hydrogen-bond acceptors (Lipinski definition) is 4. The average Bonchev–Trinajstić information content (AvgIpc) is 2.53. The minimum atomic E-state index is -1.02. The van der Waals surface area contributed by atoms with Gasteiger partial charge in [-0.25, -0.2) is 4.79 Å². The lowest BCUT2D eigenvalue weighted by atomic mass is 10.2. The lowest BCUT2D eigenvalue weighted by Crippen LogP contribution is -2.10. The molecule has 0 bridgehead atoms. The molecule has 1 N–H and O–H groups in total. The van der Waals surface area contributed by atoms with E-state index in [1.165, 1.54) is 19.2 Å². The van der Waals surface area contributed by atoms with Gasteiger partial charge in [-0.2, -0.15) is 0 Å². The summed E-state index contributed by atoms with van der Waals surface area (Å²) in [5.41, 5.74) is 0.136. The van der Waals surface area contributed by atoms with Crippen LogP contribution in [0.25, 0.3) is 0 Å². The van der Waals surface area contributed by atoms with Gasteiger partial charge in [0, 0.05) is 0 Å². The molecule has 0 aliphatic carbocycles. The lowest BCUT2D eigenvalue weighted by Gasteiger charge is -2.12. The highest BCUT2D eigenvalue weighted by Crippen LogP contribution is 2.28. The van der Waals surface area contributed by atoms with E-state index in [0.717, 1.165) is 0 Å². The standard InChI is InChI=1S/C16H15ClO5/c1-20-15-10-11(16(18)19)6-7-14(15)22-9-8-21-13-5-3-2-4-12(13)17/h2-7,10H,8-9H2,1H3,(H,18,19). The first-order valence-corrected chi connectivity index (χ1v) is 6.91. The van der Waals surface area contributed by atoms with Crippen LogP contribution >= 0.6 is 11.6 Å². The Labute approximate surface area is 133 Å². The summed E-state index contributed by atoms with van der Waals surface area (Å²) < 4.78 is 16.2. The van der Waals surface area contributed by atoms with Gasteiger partial charge < -0.3 is 19.3 Å². The van der Waals surface area contributed by atoms with Gasteiger partial charge in [0.25, 0.3) is 0 Å². The molecule has 0 radical (unpaired) electrons. The molecule has 5 nitrogen and oxygen atoms in total. The largest absolute Gasteiger partial charge is 0.493 e. The predicted molar refractivity (Wildman–Crippen MR) is 82.4 cm³/mol. The van der Waals surface area contributed by atoms with Crippen LogP contribution in [0.5, 0.6) is 17.2 Å². The predicted octanol–water partition coefficient (Wildman–Crippen LogP) is 3.50. The van der Waals surface area contributed by atoms with Gasteiger partial charge in [0.2, 0.25) is 0 Å². The number of carboxylic acids is 1. The minimum absolute atomic E-state index is 0.136. The van der Waals surface area contributed by atoms with E-state index in [0.29, 0.717) is 28.9 Å². The zero-order valence-electron chi connectivity index (χ0n) is 11.9. The van der Waals surface area contributed by atoms with Crippen molar-refractivity contribution in [2.45, 2.75) is 0 Å². The van der Waals surface area contributed by atoms with Crippen molar-refractivity contribution in [3.05, 3.63) is 53.1 Å². The van der Waals surface area contributed by atoms with Gasteiger partial charge in [-0.15, -0.1) is 0 Å². The lowest BCUT2D eigenvalue weighted by molar-refractivity contribution is 0.0696. The number of ether oxygens (including phenoxy) is 3. The number of methoxy groups -OCH3 is 1. The van der Waals surface area contributed by atoms with Gasteiger partial charge in [0.05, 0.1) is 17.7 Å². The van der Waals surface area contributed by atoms with E-state index >= 15 is 0 Å². The fraction of sp³-hybridized carbons (Fsp3) is 0.188. The maximum absolute atomic E-state index is 10.9. The second-order valence-electron chi connectivity index (χ2n) is 4.30. The van der Waals surface area contributed by atoms with Gasteiger partial charge in [-0.3, -0.25) is 0 Å². The molecule has 0 spiro atoms. The molecule has 2 aromatic carbocycles. The SMILES string of the molecule is COc1cc(C(=O)O)ccc1OCCOc1ccccc1Cl. The summed E-state index contributed by atoms with van der Waals surface area (Å²) in [6, 6.07) is 11.6. The third-order valence-corrected chi connectivity index (χ3v) is 3.16. The van der Waals surface area contributed by atoms with E-state index in [-0.39, 0.29) is 12.2 Å². The summed E-state index contributed by atoms with van der Waals surface area (Å²) in [5.74, 6) is 0.376. The molecule has 0 aliphatic heterocycles. The summed E-state index contributed by atoms with van der Waals surface area (Å²) in [6.07, 6.45) is 0. The molecule has 6 heteroatoms. The van der Waals surface area contributed by atoms with Crippen molar-refractivity contribution in [2.24, 2.45) is 0 Å². The van der Waals surface area contributed by atoms with Crippen LogP contribution < -0.4 is 14.2 Å². The molecule has 0 atom stereocenters. The molecule has 0 fully saturated rings. The van der Waals surface area contributed by atoms with Crippen molar-refractivity contribution in [3.8, 4) is 17.2 Å². The van der Waals surface area contributed by atoms with Gasteiger partial charge in [-0.1, -0.05) is 23.7 Å². The number of carbonyl (C=O) groups is 1. The maximum Gasteiger partial charge on any atom is 0.335 e. The van der Waals surface area contributed by atoms with Crippen LogP contribution in [0.4, 0.5) is 0 Å². The van der Waals surface area contributed by atoms with Crippen molar-refractivity contribution < 1.29 is 24.1 Å². The Morgan fingerprint density at radius 3 is 2.36 bits per heavy atom. The maximum atomic E-state index is 10.9. The molecular formula is C16H15ClO5. The van der Waals surface area contributed by atoms with Gasteiger partial charge in [-0.05, 0) is 30.3 Å². The Morgan fingerprint density at radius 2 is 1.73 bits per heavy atom. The Balaban J connectivity index is 1.92. The van der Waals surface area contributed by atoms with Crippen LogP contribution in [0, 0.1) is 0 Å². The minimum Gasteiger partial charge on any atom is -0.493 e. The molecule has 0 saturated heterocycles. The third-order valence-electron chi connectivity index (χ3n) is 2.85. The molecule has 2 rings (SSSR count). The van der Waals surface area contributed by atoms with E-state index in [9.17, 15) is 4.79 Å². The van der Waals surface area contributed by atoms with E-state index in [1.54, 1.807) is 18.2 Å². The van der Waals surface area contributed by atoms with Gasteiger partial charge >= 0.3 is 5.97 Å². The van der Waals surface area contributed by atoms with Crippen LogP contribution in [0.3, 0.4) is 0 Å². The Kier molecular flexibility index (Phi) is 5.49. The third kappa shape index (κ3) is 4.05. The first kappa shape index (κ1) is 16.0. The van der Waals surface area contributed by atoms with Crippen molar-refractivity contribution in [2.75, 3.05) is 20.3 Å². The highest BCUT2D eigenvalue weighted by molar-refractivity contribution is 6.32. The number of benzene rings is 2. The van der Waals surface area contributed by atoms with Crippen molar-refractivity contribution in [1.82, 2.24) is 0 Å². The van der Waals surface area contributed by atoms with E-state index in [4.69, 9.17) is 30.9 Å². The zero-order valence-corrected chi connectivity index (χ0v) is 12.7. The number of hydrogen-bond donors (Lipinski definition) is 1. The molecule has 0 heterocycles. The normalized spacial score (nSPS) is 10.1. The molecule has 116 valence electrons. The monoisotopic (exact) mass is 322 g/mol. The molecule has 2 aromatic rings. The highest BCUT2D eigenvalue weighted by atomic mass is 35.5. The Hall–Kier alpha value is -2.40. The van der Waals surface area contributed by atoms with Crippen LogP contribution in [0.15, 0.2) is 42.5 Å². The molecule has 22 heavy (non-hydrogen) atoms. The molecule has 0 saturated carbocycles. The average molecular weight is 323 g/mol. The molecule has 0 unspecified atom stereocenters. The molecule has 0 amide bonds. The fourth-order valence-corrected chi connectivity index (χ4v) is 1.98. The van der Waals surface area contributed by atoms with Crippen molar-refractivity contribution in [3.63, 3.8) is 0 Å². The Bertz CT molecular complexity index is 657. The summed E-state index contributed by atoms with van der Waals surface area (Å²) in [6.45, 7) is 0.571. The van der Waals surface area contributed by atoms with Crippen LogP contribution in [-0.2, 0) is 0 Å². The van der Waals surface area contributed by atoms with Crippen molar-refractivity contribution in [1.29, 1.82) is 0 Å². The molecule has 0 aliphatic rings. The van der Waals surface area contributed by atoms with Gasteiger partial charge in [0.15, 0.2) is 11.5 Å². The smallest absolute Gasteiger partial charge is 0.335 e. The Morgan fingerprint density at radius 1 is 1.05 bits per heavy atom. The van der Waals surface area contributed by atoms with Crippen LogP contribution in [-0.4, -0.2) is 31.4 Å². The number of rotatable bonds is 7. The molecular weight excluding hydrogens is 308 g/mol. The van der Waals surface area contributed by atoms with Crippen LogP contribution in [0.2, 0.25) is 5.02 Å². The number of carboxylic acid groups (broad SMARTS) is 1. The number of aromatic carboxylic acids is 1. The van der Waals surface area contributed by atoms with E-state index in [2.05, 4.69) is 0 Å². The second kappa shape index (κ2) is 7.56. The first-order valence-electron chi connectivity index (χ1n) is 6.53. The first-order chi connectivity index (χ1) is 10.6. The van der Waals surface area contributed by atoms with E-state index < -0.39 is 5.97 Å². The zero-order chi connectivity index (χ0) is 15.9.